The van der Waals surface area contributed by atoms with Crippen molar-refractivity contribution < 1.29 is 22.3 Å². The minimum Gasteiger partial charge on any atom is -0.497 e. The van der Waals surface area contributed by atoms with E-state index in [1.54, 1.807) is 24.3 Å². The Hall–Kier alpha value is -2.45. The van der Waals surface area contributed by atoms with Crippen LogP contribution in [0.3, 0.4) is 0 Å². The first-order valence-corrected chi connectivity index (χ1v) is 11.0. The number of nitrogens with one attached hydrogen (secondary N) is 1. The van der Waals surface area contributed by atoms with E-state index in [9.17, 15) is 17.6 Å². The SMILES string of the molecule is COc1ccc(S(=O)(=O)N2CCC[C@@H](C(=O)NCCc3cccc(F)c3)C2)cc1. The smallest absolute Gasteiger partial charge is 0.243 e. The number of hydrogen-bond donors (Lipinski definition) is 1. The molecule has 0 radical (unpaired) electrons. The summed E-state index contributed by atoms with van der Waals surface area (Å²) in [5.74, 6) is -0.293. The lowest BCUT2D eigenvalue weighted by Gasteiger charge is -2.31. The standard InChI is InChI=1S/C21H25FN2O4S/c1-28-19-7-9-20(10-8-19)29(26,27)24-13-3-5-17(15-24)21(25)23-12-11-16-4-2-6-18(22)14-16/h2,4,6-10,14,17H,3,5,11-13,15H2,1H3,(H,23,25)/t17-/m1/s1. The van der Waals surface area contributed by atoms with Gasteiger partial charge in [0.05, 0.1) is 17.9 Å². The van der Waals surface area contributed by atoms with Gasteiger partial charge < -0.3 is 10.1 Å². The van der Waals surface area contributed by atoms with E-state index >= 15 is 0 Å². The Labute approximate surface area is 170 Å². The van der Waals surface area contributed by atoms with Crippen LogP contribution in [0.15, 0.2) is 53.4 Å². The summed E-state index contributed by atoms with van der Waals surface area (Å²) in [7, 11) is -2.15. The maximum Gasteiger partial charge on any atom is 0.243 e. The van der Waals surface area contributed by atoms with Crippen molar-refractivity contribution in [2.75, 3.05) is 26.7 Å². The number of amides is 1. The van der Waals surface area contributed by atoms with Crippen LogP contribution in [0, 0.1) is 11.7 Å². The van der Waals surface area contributed by atoms with Gasteiger partial charge in [0.1, 0.15) is 11.6 Å². The topological polar surface area (TPSA) is 75.7 Å². The highest BCUT2D eigenvalue weighted by atomic mass is 32.2. The number of hydrogen-bond acceptors (Lipinski definition) is 4. The first kappa shape index (κ1) is 21.3. The van der Waals surface area contributed by atoms with Crippen molar-refractivity contribution in [3.63, 3.8) is 0 Å². The Morgan fingerprint density at radius 3 is 2.69 bits per heavy atom. The number of methoxy groups -OCH3 is 1. The molecule has 1 saturated heterocycles. The average molecular weight is 421 g/mol. The van der Waals surface area contributed by atoms with Gasteiger partial charge in [0.25, 0.3) is 0 Å². The van der Waals surface area contributed by atoms with Crippen LogP contribution in [0.5, 0.6) is 5.75 Å². The molecule has 1 amide bonds. The first-order chi connectivity index (χ1) is 13.9. The highest BCUT2D eigenvalue weighted by molar-refractivity contribution is 7.89. The van der Waals surface area contributed by atoms with Crippen molar-refractivity contribution in [1.82, 2.24) is 9.62 Å². The number of carbonyl (C=O) groups is 1. The van der Waals surface area contributed by atoms with Crippen molar-refractivity contribution in [1.29, 1.82) is 0 Å². The zero-order chi connectivity index (χ0) is 20.9. The third kappa shape index (κ3) is 5.33. The quantitative estimate of drug-likeness (QED) is 0.747. The lowest BCUT2D eigenvalue weighted by molar-refractivity contribution is -0.126. The molecule has 2 aromatic carbocycles. The zero-order valence-electron chi connectivity index (χ0n) is 16.3. The van der Waals surface area contributed by atoms with Gasteiger partial charge in [-0.1, -0.05) is 12.1 Å². The summed E-state index contributed by atoms with van der Waals surface area (Å²) in [6, 6.07) is 12.5. The third-order valence-electron chi connectivity index (χ3n) is 5.05. The number of halogens is 1. The summed E-state index contributed by atoms with van der Waals surface area (Å²) >= 11 is 0. The molecule has 0 spiro atoms. The second-order valence-electron chi connectivity index (χ2n) is 7.05. The Morgan fingerprint density at radius 2 is 2.00 bits per heavy atom. The number of sulfonamides is 1. The van der Waals surface area contributed by atoms with Gasteiger partial charge in [-0.2, -0.15) is 4.31 Å². The number of carbonyl (C=O) groups excluding carboxylic acids is 1. The molecule has 0 bridgehead atoms. The Bertz CT molecular complexity index is 947. The van der Waals surface area contributed by atoms with Crippen LogP contribution in [0.2, 0.25) is 0 Å². The molecule has 3 rings (SSSR count). The van der Waals surface area contributed by atoms with Crippen LogP contribution in [0.1, 0.15) is 18.4 Å². The molecule has 1 aliphatic rings. The minimum atomic E-state index is -3.67. The Morgan fingerprint density at radius 1 is 1.24 bits per heavy atom. The van der Waals surface area contributed by atoms with Crippen LogP contribution in [-0.4, -0.2) is 45.4 Å². The molecule has 8 heteroatoms. The predicted molar refractivity (Wildman–Crippen MR) is 108 cm³/mol. The molecule has 156 valence electrons. The highest BCUT2D eigenvalue weighted by Crippen LogP contribution is 2.25. The highest BCUT2D eigenvalue weighted by Gasteiger charge is 2.33. The van der Waals surface area contributed by atoms with Crippen molar-refractivity contribution in [2.45, 2.75) is 24.2 Å². The number of benzene rings is 2. The molecule has 29 heavy (non-hydrogen) atoms. The van der Waals surface area contributed by atoms with E-state index in [1.807, 2.05) is 0 Å². The molecule has 1 fully saturated rings. The molecule has 1 aliphatic heterocycles. The van der Waals surface area contributed by atoms with Crippen LogP contribution < -0.4 is 10.1 Å². The predicted octanol–water partition coefficient (Wildman–Crippen LogP) is 2.59. The largest absolute Gasteiger partial charge is 0.497 e. The van der Waals surface area contributed by atoms with E-state index in [2.05, 4.69) is 5.32 Å². The fraction of sp³-hybridized carbons (Fsp3) is 0.381. The maximum atomic E-state index is 13.2. The molecule has 0 aromatic heterocycles. The van der Waals surface area contributed by atoms with E-state index in [4.69, 9.17) is 4.74 Å². The molecule has 1 N–H and O–H groups in total. The van der Waals surface area contributed by atoms with Gasteiger partial charge in [0.15, 0.2) is 0 Å². The molecule has 0 unspecified atom stereocenters. The molecule has 2 aromatic rings. The van der Waals surface area contributed by atoms with Gasteiger partial charge >= 0.3 is 0 Å². The monoisotopic (exact) mass is 420 g/mol. The lowest BCUT2D eigenvalue weighted by atomic mass is 9.99. The van der Waals surface area contributed by atoms with Crippen molar-refractivity contribution >= 4 is 15.9 Å². The molecule has 0 saturated carbocycles. The summed E-state index contributed by atoms with van der Waals surface area (Å²) in [6.45, 7) is 0.922. The second-order valence-corrected chi connectivity index (χ2v) is 8.99. The summed E-state index contributed by atoms with van der Waals surface area (Å²) in [4.78, 5) is 12.7. The fourth-order valence-corrected chi connectivity index (χ4v) is 4.96. The van der Waals surface area contributed by atoms with Crippen molar-refractivity contribution in [3.05, 3.63) is 59.9 Å². The summed E-state index contributed by atoms with van der Waals surface area (Å²) in [5.41, 5.74) is 0.803. The number of ether oxygens (including phenoxy) is 1. The van der Waals surface area contributed by atoms with Crippen LogP contribution in [-0.2, 0) is 21.2 Å². The zero-order valence-corrected chi connectivity index (χ0v) is 17.1. The van der Waals surface area contributed by atoms with Gasteiger partial charge in [-0.05, 0) is 61.2 Å². The molecular formula is C21H25FN2O4S. The fourth-order valence-electron chi connectivity index (χ4n) is 3.44. The molecule has 1 atom stereocenters. The molecule has 0 aliphatic carbocycles. The van der Waals surface area contributed by atoms with Crippen LogP contribution in [0.4, 0.5) is 4.39 Å². The minimum absolute atomic E-state index is 0.153. The van der Waals surface area contributed by atoms with Gasteiger partial charge in [-0.3, -0.25) is 4.79 Å². The summed E-state index contributed by atoms with van der Waals surface area (Å²) < 4.78 is 45.5. The van der Waals surface area contributed by atoms with Gasteiger partial charge in [-0.25, -0.2) is 12.8 Å². The maximum absolute atomic E-state index is 13.2. The van der Waals surface area contributed by atoms with E-state index in [0.29, 0.717) is 38.1 Å². The molecule has 1 heterocycles. The van der Waals surface area contributed by atoms with Crippen LogP contribution in [0.25, 0.3) is 0 Å². The van der Waals surface area contributed by atoms with Crippen molar-refractivity contribution in [3.8, 4) is 5.75 Å². The third-order valence-corrected chi connectivity index (χ3v) is 6.93. The molecule has 6 nitrogen and oxygen atoms in total. The van der Waals surface area contributed by atoms with E-state index < -0.39 is 15.9 Å². The lowest BCUT2D eigenvalue weighted by Crippen LogP contribution is -2.45. The summed E-state index contributed by atoms with van der Waals surface area (Å²) in [5, 5.41) is 2.85. The van der Waals surface area contributed by atoms with Gasteiger partial charge in [-0.15, -0.1) is 0 Å². The average Bonchev–Trinajstić information content (AvgIpc) is 2.74. The second kappa shape index (κ2) is 9.37. The molecular weight excluding hydrogens is 395 g/mol. The van der Waals surface area contributed by atoms with Crippen molar-refractivity contribution in [2.24, 2.45) is 5.92 Å². The van der Waals surface area contributed by atoms with E-state index in [1.165, 1.54) is 35.7 Å². The number of nitrogens with zero attached hydrogens (tertiary/aromatic N) is 1. The van der Waals surface area contributed by atoms with E-state index in [0.717, 1.165) is 5.56 Å². The van der Waals surface area contributed by atoms with E-state index in [-0.39, 0.29) is 23.2 Å². The number of rotatable bonds is 7. The number of piperidine rings is 1. The van der Waals surface area contributed by atoms with Crippen LogP contribution >= 0.6 is 0 Å². The normalized spacial score (nSPS) is 17.7. The first-order valence-electron chi connectivity index (χ1n) is 9.56. The summed E-state index contributed by atoms with van der Waals surface area (Å²) in [6.07, 6.45) is 1.78. The Kier molecular flexibility index (Phi) is 6.87. The van der Waals surface area contributed by atoms with Gasteiger partial charge in [0, 0.05) is 19.6 Å². The van der Waals surface area contributed by atoms with Gasteiger partial charge in [0.2, 0.25) is 15.9 Å². The Balaban J connectivity index is 1.58.